The molecule has 0 aromatic heterocycles. The molecule has 5 rings (SSSR count). The summed E-state index contributed by atoms with van der Waals surface area (Å²) in [4.78, 5) is 43.0. The van der Waals surface area contributed by atoms with Gasteiger partial charge in [-0.1, -0.05) is 78.9 Å². The Balaban J connectivity index is 1.42. The van der Waals surface area contributed by atoms with Crippen LogP contribution in [-0.2, 0) is 28.9 Å². The summed E-state index contributed by atoms with van der Waals surface area (Å²) < 4.78 is 0. The van der Waals surface area contributed by atoms with Crippen molar-refractivity contribution in [3.8, 4) is 0 Å². The monoisotopic (exact) mass is 453 g/mol. The van der Waals surface area contributed by atoms with E-state index in [1.54, 1.807) is 4.90 Å². The Bertz CT molecular complexity index is 1180. The second kappa shape index (κ2) is 8.78. The lowest BCUT2D eigenvalue weighted by Gasteiger charge is -2.28. The van der Waals surface area contributed by atoms with E-state index in [1.165, 1.54) is 0 Å². The maximum Gasteiger partial charge on any atom is 0.325 e. The summed E-state index contributed by atoms with van der Waals surface area (Å²) in [5.41, 5.74) is 2.70. The summed E-state index contributed by atoms with van der Waals surface area (Å²) in [6.07, 6.45) is 1.45. The lowest BCUT2D eigenvalue weighted by molar-refractivity contribution is -0.134. The fourth-order valence-corrected chi connectivity index (χ4v) is 5.17. The van der Waals surface area contributed by atoms with Crippen LogP contribution in [0.5, 0.6) is 0 Å². The molecule has 6 heteroatoms. The lowest BCUT2D eigenvalue weighted by atomic mass is 9.84. The van der Waals surface area contributed by atoms with E-state index in [0.717, 1.165) is 33.7 Å². The van der Waals surface area contributed by atoms with Crippen LogP contribution in [0.2, 0.25) is 0 Å². The van der Waals surface area contributed by atoms with Gasteiger partial charge in [0.25, 0.3) is 5.91 Å². The molecule has 172 valence electrons. The van der Waals surface area contributed by atoms with Gasteiger partial charge in [0.05, 0.1) is 0 Å². The quantitative estimate of drug-likeness (QED) is 0.578. The normalized spacial score (nSPS) is 18.7. The average Bonchev–Trinajstić information content (AvgIpc) is 3.28. The molecule has 0 unspecified atom stereocenters. The van der Waals surface area contributed by atoms with Gasteiger partial charge >= 0.3 is 6.03 Å². The smallest absolute Gasteiger partial charge is 0.322 e. The molecular weight excluding hydrogens is 426 g/mol. The summed E-state index contributed by atoms with van der Waals surface area (Å²) in [5.74, 6) is -0.616. The zero-order valence-electron chi connectivity index (χ0n) is 19.1. The number of para-hydroxylation sites is 1. The van der Waals surface area contributed by atoms with Crippen molar-refractivity contribution >= 4 is 23.5 Å². The van der Waals surface area contributed by atoms with Gasteiger partial charge in [0.15, 0.2) is 0 Å². The van der Waals surface area contributed by atoms with E-state index in [2.05, 4.69) is 5.32 Å². The minimum Gasteiger partial charge on any atom is -0.322 e. The first-order valence-corrected chi connectivity index (χ1v) is 11.6. The Kier molecular flexibility index (Phi) is 5.65. The first kappa shape index (κ1) is 21.9. The molecule has 6 nitrogen and oxygen atoms in total. The van der Waals surface area contributed by atoms with Gasteiger partial charge in [0.2, 0.25) is 5.91 Å². The number of nitrogens with one attached hydrogen (secondary N) is 1. The number of benzene rings is 3. The fourth-order valence-electron chi connectivity index (χ4n) is 5.17. The van der Waals surface area contributed by atoms with Crippen molar-refractivity contribution in [3.63, 3.8) is 0 Å². The molecule has 34 heavy (non-hydrogen) atoms. The molecule has 0 bridgehead atoms. The Morgan fingerprint density at radius 1 is 0.882 bits per heavy atom. The summed E-state index contributed by atoms with van der Waals surface area (Å²) in [6, 6.07) is 26.5. The zero-order chi connectivity index (χ0) is 23.7. The van der Waals surface area contributed by atoms with Crippen LogP contribution in [0, 0.1) is 0 Å². The van der Waals surface area contributed by atoms with Crippen molar-refractivity contribution in [2.75, 3.05) is 11.4 Å². The number of fused-ring (bicyclic) bond motifs is 1. The molecule has 1 fully saturated rings. The Morgan fingerprint density at radius 2 is 1.44 bits per heavy atom. The second-order valence-corrected chi connectivity index (χ2v) is 9.17. The standard InChI is InChI=1S/C28H27N3O3/c1-20-16-23-14-8-9-15-24(23)31(20)25(32)19-30-26(33)28(29-27(30)34,17-21-10-4-2-5-11-21)18-22-12-6-3-7-13-22/h2-15,20H,16-19H2,1H3,(H,29,34)/t20-/m0/s1. The third-order valence-electron chi connectivity index (χ3n) is 6.71. The third-order valence-corrected chi connectivity index (χ3v) is 6.71. The molecule has 0 saturated carbocycles. The number of anilines is 1. The highest BCUT2D eigenvalue weighted by molar-refractivity contribution is 6.11. The predicted molar refractivity (Wildman–Crippen MR) is 130 cm³/mol. The maximum absolute atomic E-state index is 13.8. The van der Waals surface area contributed by atoms with Crippen LogP contribution in [0.1, 0.15) is 23.6 Å². The van der Waals surface area contributed by atoms with Crippen molar-refractivity contribution in [1.82, 2.24) is 10.2 Å². The van der Waals surface area contributed by atoms with Crippen molar-refractivity contribution in [2.24, 2.45) is 0 Å². The van der Waals surface area contributed by atoms with Crippen LogP contribution in [0.4, 0.5) is 10.5 Å². The van der Waals surface area contributed by atoms with Gasteiger partial charge in [-0.2, -0.15) is 0 Å². The van der Waals surface area contributed by atoms with E-state index < -0.39 is 11.6 Å². The van der Waals surface area contributed by atoms with Crippen molar-refractivity contribution < 1.29 is 14.4 Å². The highest BCUT2D eigenvalue weighted by atomic mass is 16.2. The minimum absolute atomic E-state index is 0.0240. The number of amides is 4. The molecule has 2 aliphatic heterocycles. The average molecular weight is 454 g/mol. The predicted octanol–water partition coefficient (Wildman–Crippen LogP) is 3.74. The minimum atomic E-state index is -1.14. The number of imide groups is 1. The number of hydrogen-bond donors (Lipinski definition) is 1. The highest BCUT2D eigenvalue weighted by Crippen LogP contribution is 2.33. The molecule has 1 N–H and O–H groups in total. The van der Waals surface area contributed by atoms with Gasteiger partial charge in [-0.05, 0) is 36.1 Å². The van der Waals surface area contributed by atoms with Crippen molar-refractivity contribution in [2.45, 2.75) is 37.8 Å². The lowest BCUT2D eigenvalue weighted by Crippen LogP contribution is -2.51. The second-order valence-electron chi connectivity index (χ2n) is 9.17. The largest absolute Gasteiger partial charge is 0.325 e. The highest BCUT2D eigenvalue weighted by Gasteiger charge is 2.52. The molecule has 3 aromatic carbocycles. The molecule has 3 aromatic rings. The van der Waals surface area contributed by atoms with E-state index in [4.69, 9.17) is 0 Å². The van der Waals surface area contributed by atoms with E-state index >= 15 is 0 Å². The fraction of sp³-hybridized carbons (Fsp3) is 0.250. The molecule has 0 aliphatic carbocycles. The first-order chi connectivity index (χ1) is 16.5. The van der Waals surface area contributed by atoms with Crippen LogP contribution < -0.4 is 10.2 Å². The molecular formula is C28H27N3O3. The number of carbonyl (C=O) groups is 3. The van der Waals surface area contributed by atoms with E-state index in [1.807, 2.05) is 91.9 Å². The Morgan fingerprint density at radius 3 is 2.06 bits per heavy atom. The summed E-state index contributed by atoms with van der Waals surface area (Å²) >= 11 is 0. The summed E-state index contributed by atoms with van der Waals surface area (Å²) in [7, 11) is 0. The summed E-state index contributed by atoms with van der Waals surface area (Å²) in [5, 5.41) is 2.96. The Labute approximate surface area is 199 Å². The van der Waals surface area contributed by atoms with Crippen LogP contribution in [0.15, 0.2) is 84.9 Å². The van der Waals surface area contributed by atoms with Crippen molar-refractivity contribution in [3.05, 3.63) is 102 Å². The van der Waals surface area contributed by atoms with Gasteiger partial charge < -0.3 is 10.2 Å². The van der Waals surface area contributed by atoms with Crippen LogP contribution >= 0.6 is 0 Å². The van der Waals surface area contributed by atoms with Gasteiger partial charge in [0.1, 0.15) is 12.1 Å². The van der Waals surface area contributed by atoms with Crippen molar-refractivity contribution in [1.29, 1.82) is 0 Å². The third kappa shape index (κ3) is 3.96. The zero-order valence-corrected chi connectivity index (χ0v) is 19.1. The van der Waals surface area contributed by atoms with E-state index in [-0.39, 0.29) is 24.4 Å². The molecule has 0 radical (unpaired) electrons. The van der Waals surface area contributed by atoms with Gasteiger partial charge in [-0.15, -0.1) is 0 Å². The molecule has 2 aliphatic rings. The topological polar surface area (TPSA) is 69.7 Å². The number of hydrogen-bond acceptors (Lipinski definition) is 3. The first-order valence-electron chi connectivity index (χ1n) is 11.6. The molecule has 2 heterocycles. The van der Waals surface area contributed by atoms with Crippen LogP contribution in [-0.4, -0.2) is 40.9 Å². The summed E-state index contributed by atoms with van der Waals surface area (Å²) in [6.45, 7) is 1.70. The number of rotatable bonds is 6. The number of nitrogens with zero attached hydrogens (tertiary/aromatic N) is 2. The van der Waals surface area contributed by atoms with E-state index in [0.29, 0.717) is 12.8 Å². The van der Waals surface area contributed by atoms with E-state index in [9.17, 15) is 14.4 Å². The maximum atomic E-state index is 13.8. The molecule has 0 spiro atoms. The Hall–Kier alpha value is -3.93. The van der Waals surface area contributed by atoms with Gasteiger partial charge in [-0.25, -0.2) is 4.79 Å². The van der Waals surface area contributed by atoms with Gasteiger partial charge in [-0.3, -0.25) is 14.5 Å². The SMILES string of the molecule is C[C@H]1Cc2ccccc2N1C(=O)CN1C(=O)NC(Cc2ccccc2)(Cc2ccccc2)C1=O. The van der Waals surface area contributed by atoms with Crippen LogP contribution in [0.3, 0.4) is 0 Å². The molecule has 4 amide bonds. The number of urea groups is 1. The number of carbonyl (C=O) groups excluding carboxylic acids is 3. The molecule has 1 saturated heterocycles. The van der Waals surface area contributed by atoms with Crippen LogP contribution in [0.25, 0.3) is 0 Å². The molecule has 1 atom stereocenters. The van der Waals surface area contributed by atoms with Gasteiger partial charge in [0, 0.05) is 24.6 Å².